The van der Waals surface area contributed by atoms with Crippen LogP contribution in [0.3, 0.4) is 0 Å². The number of nitrogens with one attached hydrogen (secondary N) is 1. The predicted molar refractivity (Wildman–Crippen MR) is 86.1 cm³/mol. The summed E-state index contributed by atoms with van der Waals surface area (Å²) < 4.78 is 24.6. The molecule has 2 aliphatic rings. The minimum Gasteiger partial charge on any atom is -0.445 e. The molecule has 0 radical (unpaired) electrons. The van der Waals surface area contributed by atoms with Crippen LogP contribution < -0.4 is 0 Å². The molecule has 2 unspecified atom stereocenters. The number of hydrogen-bond donors (Lipinski definition) is 1. The number of carbonyl (C=O) groups is 2. The molecule has 2 atom stereocenters. The second kappa shape index (κ2) is 5.21. The monoisotopic (exact) mass is 356 g/mol. The van der Waals surface area contributed by atoms with Gasteiger partial charge in [0, 0.05) is 40.5 Å². The van der Waals surface area contributed by atoms with E-state index < -0.39 is 21.3 Å². The van der Waals surface area contributed by atoms with Gasteiger partial charge in [-0.1, -0.05) is 11.6 Å². The zero-order valence-corrected chi connectivity index (χ0v) is 14.4. The van der Waals surface area contributed by atoms with E-state index in [2.05, 4.69) is 0 Å². The number of hydrogen-bond acceptors (Lipinski definition) is 5. The third kappa shape index (κ3) is 2.83. The van der Waals surface area contributed by atoms with E-state index in [1.807, 2.05) is 0 Å². The van der Waals surface area contributed by atoms with E-state index in [0.29, 0.717) is 16.1 Å². The lowest BCUT2D eigenvalue weighted by Crippen LogP contribution is -2.63. The summed E-state index contributed by atoms with van der Waals surface area (Å²) in [5.74, 6) is -0.869. The first-order chi connectivity index (χ1) is 10.6. The van der Waals surface area contributed by atoms with Gasteiger partial charge in [0.25, 0.3) is 5.91 Å². The number of rotatable bonds is 2. The van der Waals surface area contributed by atoms with Crippen molar-refractivity contribution in [3.8, 4) is 0 Å². The van der Waals surface area contributed by atoms with Crippen molar-refractivity contribution in [2.45, 2.75) is 24.2 Å². The second-order valence-electron chi connectivity index (χ2n) is 6.33. The van der Waals surface area contributed by atoms with Crippen LogP contribution in [0, 0.1) is 4.78 Å². The summed E-state index contributed by atoms with van der Waals surface area (Å²) in [6.07, 6.45) is 1.62. The molecule has 3 rings (SSSR count). The average molecular weight is 357 g/mol. The van der Waals surface area contributed by atoms with E-state index in [-0.39, 0.29) is 30.7 Å². The average Bonchev–Trinajstić information content (AvgIpc) is 2.34. The molecule has 1 N–H and O–H groups in total. The van der Waals surface area contributed by atoms with Crippen molar-refractivity contribution in [1.29, 1.82) is 4.78 Å². The second-order valence-corrected chi connectivity index (χ2v) is 9.25. The highest BCUT2D eigenvalue weighted by Crippen LogP contribution is 2.33. The van der Waals surface area contributed by atoms with Gasteiger partial charge in [-0.2, -0.15) is 0 Å². The summed E-state index contributed by atoms with van der Waals surface area (Å²) in [7, 11) is -2.67. The number of halogens is 1. The van der Waals surface area contributed by atoms with Crippen molar-refractivity contribution in [1.82, 2.24) is 4.90 Å². The summed E-state index contributed by atoms with van der Waals surface area (Å²) in [6.45, 7) is 2.09. The maximum atomic E-state index is 12.7. The summed E-state index contributed by atoms with van der Waals surface area (Å²) >= 11 is 5.97. The lowest BCUT2D eigenvalue weighted by molar-refractivity contribution is -0.154. The molecule has 0 bridgehead atoms. The fourth-order valence-corrected chi connectivity index (χ4v) is 4.03. The minimum absolute atomic E-state index is 0.247. The molecular weight excluding hydrogens is 340 g/mol. The van der Waals surface area contributed by atoms with Crippen LogP contribution in [0.15, 0.2) is 18.2 Å². The van der Waals surface area contributed by atoms with Crippen LogP contribution in [0.1, 0.15) is 22.8 Å². The molecule has 2 heterocycles. The maximum absolute atomic E-state index is 12.7. The van der Waals surface area contributed by atoms with E-state index >= 15 is 0 Å². The van der Waals surface area contributed by atoms with Gasteiger partial charge in [-0.3, -0.25) is 9.57 Å². The number of esters is 1. The van der Waals surface area contributed by atoms with Gasteiger partial charge >= 0.3 is 5.97 Å². The molecule has 2 aliphatic heterocycles. The molecule has 0 spiro atoms. The number of carbonyl (C=O) groups excluding carboxylic acids is 2. The Morgan fingerprint density at radius 1 is 1.48 bits per heavy atom. The smallest absolute Gasteiger partial charge is 0.339 e. The Labute approximate surface area is 139 Å². The Kier molecular flexibility index (Phi) is 3.68. The highest BCUT2D eigenvalue weighted by Gasteiger charge is 2.48. The normalized spacial score (nSPS) is 26.7. The maximum Gasteiger partial charge on any atom is 0.339 e. The largest absolute Gasteiger partial charge is 0.445 e. The third-order valence-corrected chi connectivity index (χ3v) is 6.16. The molecule has 8 heteroatoms. The first-order valence-electron chi connectivity index (χ1n) is 7.14. The summed E-state index contributed by atoms with van der Waals surface area (Å²) in [4.78, 5) is 26.3. The molecule has 23 heavy (non-hydrogen) atoms. The van der Waals surface area contributed by atoms with Crippen LogP contribution in [0.5, 0.6) is 0 Å². The molecule has 0 saturated carbocycles. The van der Waals surface area contributed by atoms with E-state index in [1.165, 1.54) is 11.2 Å². The molecule has 0 aliphatic carbocycles. The van der Waals surface area contributed by atoms with Gasteiger partial charge in [0.15, 0.2) is 5.60 Å². The molecule has 1 saturated heterocycles. The number of amides is 1. The quantitative estimate of drug-likeness (QED) is 0.817. The van der Waals surface area contributed by atoms with Gasteiger partial charge < -0.3 is 9.64 Å². The topological polar surface area (TPSA) is 87.5 Å². The van der Waals surface area contributed by atoms with Crippen molar-refractivity contribution in [3.05, 3.63) is 34.3 Å². The Hall–Kier alpha value is -1.60. The lowest BCUT2D eigenvalue weighted by atomic mass is 9.88. The fourth-order valence-electron chi connectivity index (χ4n) is 2.91. The molecule has 1 fully saturated rings. The number of fused-ring (bicyclic) bond motifs is 1. The van der Waals surface area contributed by atoms with Crippen molar-refractivity contribution in [3.63, 3.8) is 0 Å². The van der Waals surface area contributed by atoms with E-state index in [4.69, 9.17) is 21.1 Å². The first-order valence-corrected chi connectivity index (χ1v) is 9.55. The van der Waals surface area contributed by atoms with Gasteiger partial charge in [-0.05, 0) is 30.7 Å². The molecule has 124 valence electrons. The van der Waals surface area contributed by atoms with Crippen LogP contribution in [-0.2, 0) is 25.7 Å². The number of benzene rings is 1. The lowest BCUT2D eigenvalue weighted by Gasteiger charge is -2.44. The van der Waals surface area contributed by atoms with Crippen LogP contribution in [0.4, 0.5) is 0 Å². The summed E-state index contributed by atoms with van der Waals surface area (Å²) in [5, 5.41) is 0.174. The zero-order valence-electron chi connectivity index (χ0n) is 12.8. The fraction of sp³-hybridized carbons (Fsp3) is 0.467. The van der Waals surface area contributed by atoms with Crippen LogP contribution >= 0.6 is 11.6 Å². The van der Waals surface area contributed by atoms with Crippen molar-refractivity contribution < 1.29 is 18.5 Å². The molecule has 1 amide bonds. The molecule has 0 aromatic heterocycles. The van der Waals surface area contributed by atoms with E-state index in [0.717, 1.165) is 0 Å². The van der Waals surface area contributed by atoms with E-state index in [9.17, 15) is 13.8 Å². The molecule has 1 aromatic carbocycles. The van der Waals surface area contributed by atoms with Crippen LogP contribution in [0.2, 0.25) is 5.02 Å². The molecule has 6 nitrogen and oxygen atoms in total. The molecular formula is C15H17ClN2O4S. The van der Waals surface area contributed by atoms with Crippen LogP contribution in [0.25, 0.3) is 0 Å². The van der Waals surface area contributed by atoms with Gasteiger partial charge in [0.05, 0.1) is 10.8 Å². The van der Waals surface area contributed by atoms with Gasteiger partial charge in [0.2, 0.25) is 0 Å². The number of ether oxygens (including phenoxy) is 1. The Bertz CT molecular complexity index is 802. The van der Waals surface area contributed by atoms with Crippen molar-refractivity contribution in [2.24, 2.45) is 0 Å². The standard InChI is InChI=1S/C15H17ClN2O4S/c1-15(14(20)18-7-11(8-18)23(2,17)21)6-9-5-10(16)3-4-12(9)13(19)22-15/h3-5,11,17H,6-8H2,1-2H3. The van der Waals surface area contributed by atoms with E-state index in [1.54, 1.807) is 25.1 Å². The highest BCUT2D eigenvalue weighted by atomic mass is 35.5. The third-order valence-electron chi connectivity index (χ3n) is 4.36. The minimum atomic E-state index is -2.67. The number of likely N-dealkylation sites (tertiary alicyclic amines) is 1. The highest BCUT2D eigenvalue weighted by molar-refractivity contribution is 7.92. The Morgan fingerprint density at radius 3 is 2.74 bits per heavy atom. The van der Waals surface area contributed by atoms with Gasteiger partial charge in [-0.25, -0.2) is 9.00 Å². The SMILES string of the molecule is CC1(C(=O)N2CC(S(C)(=N)=O)C2)Cc2cc(Cl)ccc2C(=O)O1. The Morgan fingerprint density at radius 2 is 2.13 bits per heavy atom. The predicted octanol–water partition coefficient (Wildman–Crippen LogP) is 1.70. The number of cyclic esters (lactones) is 1. The van der Waals surface area contributed by atoms with Gasteiger partial charge in [0.1, 0.15) is 0 Å². The van der Waals surface area contributed by atoms with Crippen molar-refractivity contribution in [2.75, 3.05) is 19.3 Å². The van der Waals surface area contributed by atoms with Crippen molar-refractivity contribution >= 4 is 33.2 Å². The van der Waals surface area contributed by atoms with Crippen LogP contribution in [-0.4, -0.2) is 51.2 Å². The zero-order chi connectivity index (χ0) is 17.0. The van der Waals surface area contributed by atoms with Gasteiger partial charge in [-0.15, -0.1) is 0 Å². The summed E-state index contributed by atoms with van der Waals surface area (Å²) in [5.41, 5.74) is -0.193. The number of nitrogens with zero attached hydrogens (tertiary/aromatic N) is 1. The molecule has 1 aromatic rings. The Balaban J connectivity index is 1.81. The summed E-state index contributed by atoms with van der Waals surface area (Å²) in [6, 6.07) is 4.87. The first kappa shape index (κ1) is 16.3.